The lowest BCUT2D eigenvalue weighted by molar-refractivity contribution is -0.132. The van der Waals surface area contributed by atoms with Crippen molar-refractivity contribution in [1.29, 1.82) is 0 Å². The smallest absolute Gasteiger partial charge is 0.257 e. The second-order valence-electron chi connectivity index (χ2n) is 4.13. The van der Waals surface area contributed by atoms with Crippen molar-refractivity contribution in [3.05, 3.63) is 34.2 Å². The van der Waals surface area contributed by atoms with Crippen LogP contribution in [-0.2, 0) is 4.79 Å². The van der Waals surface area contributed by atoms with Crippen LogP contribution in [0.15, 0.2) is 23.3 Å². The highest BCUT2D eigenvalue weighted by Crippen LogP contribution is 1.97. The number of nitrogens with one attached hydrogen (secondary N) is 2. The molecule has 0 bridgehead atoms. The summed E-state index contributed by atoms with van der Waals surface area (Å²) in [5, 5.41) is 2.54. The van der Waals surface area contributed by atoms with E-state index in [2.05, 4.69) is 10.3 Å². The summed E-state index contributed by atoms with van der Waals surface area (Å²) >= 11 is 0. The van der Waals surface area contributed by atoms with Gasteiger partial charge in [-0.25, -0.2) is 0 Å². The van der Waals surface area contributed by atoms with Gasteiger partial charge in [-0.2, -0.15) is 0 Å². The van der Waals surface area contributed by atoms with Crippen molar-refractivity contribution in [3.63, 3.8) is 0 Å². The molecule has 1 aromatic heterocycles. The first-order valence-corrected chi connectivity index (χ1v) is 6.28. The standard InChI is InChI=1S/C13H19N3O3/c1-4-16(5-2)13(19)9(3)15-12(18)10-8-14-7-6-11(10)17/h6-9H,4-5H2,1-3H3,(H,14,17)(H,15,18). The summed E-state index contributed by atoms with van der Waals surface area (Å²) in [5.74, 6) is -0.708. The first kappa shape index (κ1) is 14.9. The molecule has 0 spiro atoms. The van der Waals surface area contributed by atoms with Crippen molar-refractivity contribution in [2.24, 2.45) is 0 Å². The molecule has 6 nitrogen and oxygen atoms in total. The summed E-state index contributed by atoms with van der Waals surface area (Å²) in [4.78, 5) is 39.6. The van der Waals surface area contributed by atoms with Gasteiger partial charge < -0.3 is 15.2 Å². The first-order valence-electron chi connectivity index (χ1n) is 6.28. The molecule has 1 unspecified atom stereocenters. The van der Waals surface area contributed by atoms with Gasteiger partial charge in [0.25, 0.3) is 5.91 Å². The van der Waals surface area contributed by atoms with Crippen LogP contribution in [0.2, 0.25) is 0 Å². The van der Waals surface area contributed by atoms with Crippen molar-refractivity contribution in [3.8, 4) is 0 Å². The minimum Gasteiger partial charge on any atom is -0.367 e. The Balaban J connectivity index is 2.75. The molecule has 1 aromatic rings. The molecule has 0 aliphatic heterocycles. The van der Waals surface area contributed by atoms with E-state index in [-0.39, 0.29) is 16.9 Å². The summed E-state index contributed by atoms with van der Waals surface area (Å²) in [5.41, 5.74) is -0.375. The van der Waals surface area contributed by atoms with Gasteiger partial charge in [0.15, 0.2) is 5.43 Å². The summed E-state index contributed by atoms with van der Waals surface area (Å²) in [6.45, 7) is 6.52. The second kappa shape index (κ2) is 6.72. The van der Waals surface area contributed by atoms with E-state index in [1.807, 2.05) is 13.8 Å². The molecule has 0 aliphatic carbocycles. The van der Waals surface area contributed by atoms with Gasteiger partial charge in [0.2, 0.25) is 5.91 Å². The van der Waals surface area contributed by atoms with Gasteiger partial charge >= 0.3 is 0 Å². The van der Waals surface area contributed by atoms with Crippen molar-refractivity contribution < 1.29 is 9.59 Å². The first-order chi connectivity index (χ1) is 9.01. The van der Waals surface area contributed by atoms with Crippen molar-refractivity contribution in [2.45, 2.75) is 26.8 Å². The number of likely N-dealkylation sites (N-methyl/N-ethyl adjacent to an activating group) is 1. The number of carbonyl (C=O) groups excluding carboxylic acids is 2. The fourth-order valence-electron chi connectivity index (χ4n) is 1.74. The number of nitrogens with zero attached hydrogens (tertiary/aromatic N) is 1. The molecule has 0 saturated carbocycles. The number of aromatic amines is 1. The topological polar surface area (TPSA) is 82.3 Å². The molecule has 1 atom stereocenters. The van der Waals surface area contributed by atoms with Crippen LogP contribution in [0.4, 0.5) is 0 Å². The zero-order chi connectivity index (χ0) is 14.4. The molecular formula is C13H19N3O3. The number of amides is 2. The Bertz CT molecular complexity index is 506. The highest BCUT2D eigenvalue weighted by atomic mass is 16.2. The van der Waals surface area contributed by atoms with Crippen LogP contribution in [0.1, 0.15) is 31.1 Å². The minimum atomic E-state index is -0.660. The number of carbonyl (C=O) groups is 2. The maximum Gasteiger partial charge on any atom is 0.257 e. The van der Waals surface area contributed by atoms with Crippen LogP contribution in [0.5, 0.6) is 0 Å². The fourth-order valence-corrected chi connectivity index (χ4v) is 1.74. The molecule has 6 heteroatoms. The number of aromatic nitrogens is 1. The van der Waals surface area contributed by atoms with Crippen molar-refractivity contribution >= 4 is 11.8 Å². The number of hydrogen-bond donors (Lipinski definition) is 2. The molecule has 2 amide bonds. The quantitative estimate of drug-likeness (QED) is 0.806. The lowest BCUT2D eigenvalue weighted by Gasteiger charge is -2.23. The lowest BCUT2D eigenvalue weighted by atomic mass is 10.2. The number of pyridine rings is 1. The van der Waals surface area contributed by atoms with Crippen molar-refractivity contribution in [2.75, 3.05) is 13.1 Å². The summed E-state index contributed by atoms with van der Waals surface area (Å²) < 4.78 is 0. The van der Waals surface area contributed by atoms with E-state index in [1.165, 1.54) is 18.5 Å². The third-order valence-corrected chi connectivity index (χ3v) is 2.86. The SMILES string of the molecule is CCN(CC)C(=O)C(C)NC(=O)c1c[nH]ccc1=O. The summed E-state index contributed by atoms with van der Waals surface area (Å²) in [6, 6.07) is 0.609. The Hall–Kier alpha value is -2.11. The molecular weight excluding hydrogens is 246 g/mol. The van der Waals surface area contributed by atoms with Crippen LogP contribution in [0.3, 0.4) is 0 Å². The highest BCUT2D eigenvalue weighted by molar-refractivity contribution is 5.97. The third-order valence-electron chi connectivity index (χ3n) is 2.86. The van der Waals surface area contributed by atoms with Gasteiger partial charge in [-0.1, -0.05) is 0 Å². The summed E-state index contributed by atoms with van der Waals surface area (Å²) in [6.07, 6.45) is 2.77. The molecule has 0 aliphatic rings. The van der Waals surface area contributed by atoms with E-state index < -0.39 is 11.9 Å². The Labute approximate surface area is 111 Å². The molecule has 1 heterocycles. The average Bonchev–Trinajstić information content (AvgIpc) is 2.40. The average molecular weight is 265 g/mol. The van der Waals surface area contributed by atoms with Gasteiger partial charge in [0, 0.05) is 31.5 Å². The Kier molecular flexibility index (Phi) is 5.29. The van der Waals surface area contributed by atoms with E-state index in [9.17, 15) is 14.4 Å². The maximum atomic E-state index is 12.0. The van der Waals surface area contributed by atoms with Gasteiger partial charge in [0.05, 0.1) is 0 Å². The van der Waals surface area contributed by atoms with Crippen LogP contribution in [0.25, 0.3) is 0 Å². The monoisotopic (exact) mass is 265 g/mol. The third kappa shape index (κ3) is 3.67. The van der Waals surface area contributed by atoms with Crippen molar-refractivity contribution in [1.82, 2.24) is 15.2 Å². The van der Waals surface area contributed by atoms with Gasteiger partial charge in [-0.3, -0.25) is 14.4 Å². The van der Waals surface area contributed by atoms with Crippen LogP contribution in [-0.4, -0.2) is 40.8 Å². The normalized spacial score (nSPS) is 11.7. The van der Waals surface area contributed by atoms with E-state index >= 15 is 0 Å². The largest absolute Gasteiger partial charge is 0.367 e. The van der Waals surface area contributed by atoms with Gasteiger partial charge in [-0.05, 0) is 20.8 Å². The van der Waals surface area contributed by atoms with Crippen LogP contribution < -0.4 is 10.7 Å². The fraction of sp³-hybridized carbons (Fsp3) is 0.462. The van der Waals surface area contributed by atoms with E-state index in [4.69, 9.17) is 0 Å². The zero-order valence-electron chi connectivity index (χ0n) is 11.4. The van der Waals surface area contributed by atoms with E-state index in [0.717, 1.165) is 0 Å². The lowest BCUT2D eigenvalue weighted by Crippen LogP contribution is -2.47. The van der Waals surface area contributed by atoms with Gasteiger partial charge in [-0.15, -0.1) is 0 Å². The minimum absolute atomic E-state index is 0.00157. The second-order valence-corrected chi connectivity index (χ2v) is 4.13. The van der Waals surface area contributed by atoms with Crippen LogP contribution in [0, 0.1) is 0 Å². The zero-order valence-corrected chi connectivity index (χ0v) is 11.4. The molecule has 104 valence electrons. The Morgan fingerprint density at radius 1 is 1.37 bits per heavy atom. The predicted octanol–water partition coefficient (Wildman–Crippen LogP) is 0.362. The molecule has 0 saturated heterocycles. The van der Waals surface area contributed by atoms with Crippen LogP contribution >= 0.6 is 0 Å². The maximum absolute atomic E-state index is 12.0. The molecule has 0 radical (unpaired) electrons. The molecule has 2 N–H and O–H groups in total. The number of hydrogen-bond acceptors (Lipinski definition) is 3. The Morgan fingerprint density at radius 2 is 2.00 bits per heavy atom. The highest BCUT2D eigenvalue weighted by Gasteiger charge is 2.21. The van der Waals surface area contributed by atoms with E-state index in [0.29, 0.717) is 13.1 Å². The van der Waals surface area contributed by atoms with Gasteiger partial charge in [0.1, 0.15) is 11.6 Å². The number of rotatable bonds is 5. The summed E-state index contributed by atoms with van der Waals surface area (Å²) in [7, 11) is 0. The number of H-pyrrole nitrogens is 1. The van der Waals surface area contributed by atoms with E-state index in [1.54, 1.807) is 11.8 Å². The molecule has 19 heavy (non-hydrogen) atoms. The Morgan fingerprint density at radius 3 is 2.53 bits per heavy atom. The molecule has 0 fully saturated rings. The molecule has 0 aromatic carbocycles. The molecule has 1 rings (SSSR count). The predicted molar refractivity (Wildman–Crippen MR) is 71.9 cm³/mol.